The second kappa shape index (κ2) is 5.27. The molecule has 18 heavy (non-hydrogen) atoms. The molecule has 0 aliphatic heterocycles. The van der Waals surface area contributed by atoms with Crippen molar-refractivity contribution < 1.29 is 5.11 Å². The molecule has 0 atom stereocenters. The van der Waals surface area contributed by atoms with Crippen molar-refractivity contribution in [2.75, 3.05) is 0 Å². The van der Waals surface area contributed by atoms with Crippen LogP contribution in [0, 0.1) is 6.92 Å². The van der Waals surface area contributed by atoms with Crippen molar-refractivity contribution in [3.05, 3.63) is 34.8 Å². The van der Waals surface area contributed by atoms with Gasteiger partial charge in [-0.25, -0.2) is 4.98 Å². The van der Waals surface area contributed by atoms with E-state index in [-0.39, 0.29) is 5.92 Å². The normalized spacial score (nSPS) is 11.6. The summed E-state index contributed by atoms with van der Waals surface area (Å²) in [7, 11) is 0. The number of aromatic hydroxyl groups is 1. The summed E-state index contributed by atoms with van der Waals surface area (Å²) in [6.07, 6.45) is 1.70. The summed E-state index contributed by atoms with van der Waals surface area (Å²) in [6.45, 7) is 5.97. The van der Waals surface area contributed by atoms with Crippen LogP contribution in [0.2, 0.25) is 0 Å². The molecule has 2 aromatic rings. The van der Waals surface area contributed by atoms with Gasteiger partial charge in [0.15, 0.2) is 0 Å². The van der Waals surface area contributed by atoms with Gasteiger partial charge in [0.05, 0.1) is 5.69 Å². The van der Waals surface area contributed by atoms with E-state index >= 15 is 0 Å². The first-order valence-corrected chi connectivity index (χ1v) is 6.60. The number of hydrogen-bond donors (Lipinski definition) is 1. The Morgan fingerprint density at radius 2 is 2.06 bits per heavy atom. The predicted octanol–water partition coefficient (Wildman–Crippen LogP) is 4.70. The van der Waals surface area contributed by atoms with Crippen LogP contribution in [0.5, 0.6) is 5.75 Å². The number of thiazole rings is 1. The van der Waals surface area contributed by atoms with E-state index in [4.69, 9.17) is 0 Å². The van der Waals surface area contributed by atoms with Gasteiger partial charge in [-0.3, -0.25) is 0 Å². The number of nitrogens with zero attached hydrogens (tertiary/aromatic N) is 3. The van der Waals surface area contributed by atoms with Crippen molar-refractivity contribution >= 4 is 22.2 Å². The maximum atomic E-state index is 9.86. The molecule has 0 fully saturated rings. The van der Waals surface area contributed by atoms with Gasteiger partial charge in [-0.2, -0.15) is 0 Å². The molecule has 0 aliphatic carbocycles. The van der Waals surface area contributed by atoms with Crippen LogP contribution < -0.4 is 0 Å². The molecule has 0 unspecified atom stereocenters. The third-order valence-corrected chi connectivity index (χ3v) is 3.29. The summed E-state index contributed by atoms with van der Waals surface area (Å²) in [5.74, 6) is 0.565. The average molecular weight is 261 g/mol. The van der Waals surface area contributed by atoms with Gasteiger partial charge in [-0.05, 0) is 36.1 Å². The van der Waals surface area contributed by atoms with Crippen LogP contribution in [0.1, 0.15) is 30.9 Å². The van der Waals surface area contributed by atoms with E-state index in [9.17, 15) is 5.11 Å². The zero-order valence-corrected chi connectivity index (χ0v) is 11.4. The van der Waals surface area contributed by atoms with Crippen molar-refractivity contribution in [3.8, 4) is 5.75 Å². The quantitative estimate of drug-likeness (QED) is 0.814. The van der Waals surface area contributed by atoms with Gasteiger partial charge < -0.3 is 5.11 Å². The molecule has 0 aliphatic rings. The number of aromatic nitrogens is 1. The molecule has 1 N–H and O–H groups in total. The summed E-state index contributed by atoms with van der Waals surface area (Å²) in [5, 5.41) is 20.6. The number of aryl methyl sites for hydroxylation is 1. The molecule has 4 nitrogen and oxygen atoms in total. The van der Waals surface area contributed by atoms with Gasteiger partial charge in [-0.1, -0.05) is 13.8 Å². The molecule has 0 saturated carbocycles. The van der Waals surface area contributed by atoms with Crippen molar-refractivity contribution in [3.63, 3.8) is 0 Å². The van der Waals surface area contributed by atoms with Crippen LogP contribution in [0.25, 0.3) is 0 Å². The fraction of sp³-hybridized carbons (Fsp3) is 0.308. The third kappa shape index (κ3) is 2.73. The Bertz CT molecular complexity index is 562. The second-order valence-corrected chi connectivity index (χ2v) is 5.24. The van der Waals surface area contributed by atoms with Crippen LogP contribution in [0.4, 0.5) is 10.8 Å². The minimum atomic E-state index is 0.249. The van der Waals surface area contributed by atoms with Crippen LogP contribution in [-0.2, 0) is 0 Å². The smallest absolute Gasteiger partial charge is 0.229 e. The van der Waals surface area contributed by atoms with Gasteiger partial charge in [0.2, 0.25) is 5.13 Å². The van der Waals surface area contributed by atoms with Crippen molar-refractivity contribution in [1.82, 2.24) is 4.98 Å². The fourth-order valence-electron chi connectivity index (χ4n) is 1.63. The summed E-state index contributed by atoms with van der Waals surface area (Å²) >= 11 is 1.44. The van der Waals surface area contributed by atoms with Crippen molar-refractivity contribution in [2.45, 2.75) is 26.7 Å². The van der Waals surface area contributed by atoms with Crippen molar-refractivity contribution in [1.29, 1.82) is 0 Å². The molecule has 1 heterocycles. The van der Waals surface area contributed by atoms with Crippen LogP contribution >= 0.6 is 11.3 Å². The van der Waals surface area contributed by atoms with E-state index in [0.717, 1.165) is 16.8 Å². The van der Waals surface area contributed by atoms with Gasteiger partial charge in [0.25, 0.3) is 0 Å². The fourth-order valence-corrected chi connectivity index (χ4v) is 2.08. The first-order chi connectivity index (χ1) is 8.58. The number of hydrogen-bond acceptors (Lipinski definition) is 5. The molecule has 5 heteroatoms. The van der Waals surface area contributed by atoms with E-state index in [1.165, 1.54) is 11.3 Å². The summed E-state index contributed by atoms with van der Waals surface area (Å²) in [6, 6.07) is 3.61. The number of benzene rings is 1. The SMILES string of the molecule is Cc1cc(O)c(C(C)C)cc1N=Nc1nccs1. The Balaban J connectivity index is 2.36. The van der Waals surface area contributed by atoms with Gasteiger partial charge >= 0.3 is 0 Å². The average Bonchev–Trinajstić information content (AvgIpc) is 2.80. The van der Waals surface area contributed by atoms with Gasteiger partial charge in [0.1, 0.15) is 5.75 Å². The summed E-state index contributed by atoms with van der Waals surface area (Å²) < 4.78 is 0. The van der Waals surface area contributed by atoms with E-state index in [1.54, 1.807) is 12.3 Å². The second-order valence-electron chi connectivity index (χ2n) is 4.37. The van der Waals surface area contributed by atoms with Crippen molar-refractivity contribution in [2.24, 2.45) is 10.2 Å². The van der Waals surface area contributed by atoms with E-state index in [1.807, 2.05) is 32.2 Å². The Labute approximate surface area is 110 Å². The number of azo groups is 1. The first kappa shape index (κ1) is 12.7. The monoisotopic (exact) mass is 261 g/mol. The molecule has 2 rings (SSSR count). The number of rotatable bonds is 3. The van der Waals surface area contributed by atoms with E-state index in [0.29, 0.717) is 10.9 Å². The standard InChI is InChI=1S/C13H15N3OS/c1-8(2)10-7-11(9(3)6-12(10)17)15-16-13-14-4-5-18-13/h4-8,17H,1-3H3. The lowest BCUT2D eigenvalue weighted by atomic mass is 9.99. The highest BCUT2D eigenvalue weighted by atomic mass is 32.1. The molecule has 1 aromatic heterocycles. The zero-order valence-electron chi connectivity index (χ0n) is 10.6. The molecule has 0 amide bonds. The molecule has 0 spiro atoms. The first-order valence-electron chi connectivity index (χ1n) is 5.72. The van der Waals surface area contributed by atoms with Crippen LogP contribution in [0.15, 0.2) is 33.9 Å². The largest absolute Gasteiger partial charge is 0.508 e. The predicted molar refractivity (Wildman–Crippen MR) is 73.2 cm³/mol. The molecule has 1 aromatic carbocycles. The van der Waals surface area contributed by atoms with Gasteiger partial charge in [-0.15, -0.1) is 21.6 Å². The van der Waals surface area contributed by atoms with Gasteiger partial charge in [0, 0.05) is 11.6 Å². The Kier molecular flexibility index (Phi) is 3.72. The Morgan fingerprint density at radius 3 is 2.67 bits per heavy atom. The third-order valence-electron chi connectivity index (χ3n) is 2.63. The highest BCUT2D eigenvalue weighted by molar-refractivity contribution is 7.13. The minimum Gasteiger partial charge on any atom is -0.508 e. The maximum absolute atomic E-state index is 9.86. The van der Waals surface area contributed by atoms with E-state index in [2.05, 4.69) is 15.2 Å². The number of phenolic OH excluding ortho intramolecular Hbond substituents is 1. The van der Waals surface area contributed by atoms with E-state index < -0.39 is 0 Å². The summed E-state index contributed by atoms with van der Waals surface area (Å²) in [5.41, 5.74) is 2.55. The summed E-state index contributed by atoms with van der Waals surface area (Å²) in [4.78, 5) is 4.04. The molecular formula is C13H15N3OS. The minimum absolute atomic E-state index is 0.249. The Morgan fingerprint density at radius 1 is 1.28 bits per heavy atom. The lowest BCUT2D eigenvalue weighted by Gasteiger charge is -2.10. The molecule has 0 bridgehead atoms. The Hall–Kier alpha value is -1.75. The lowest BCUT2D eigenvalue weighted by molar-refractivity contribution is 0.464. The molecule has 0 saturated heterocycles. The lowest BCUT2D eigenvalue weighted by Crippen LogP contribution is -1.89. The molecule has 94 valence electrons. The van der Waals surface area contributed by atoms with Crippen LogP contribution in [0.3, 0.4) is 0 Å². The maximum Gasteiger partial charge on any atom is 0.229 e. The van der Waals surface area contributed by atoms with Crippen LogP contribution in [-0.4, -0.2) is 10.1 Å². The topological polar surface area (TPSA) is 57.8 Å². The molecule has 0 radical (unpaired) electrons. The highest BCUT2D eigenvalue weighted by Crippen LogP contribution is 2.33. The number of phenols is 1. The molecular weight excluding hydrogens is 246 g/mol. The zero-order chi connectivity index (χ0) is 13.1. The highest BCUT2D eigenvalue weighted by Gasteiger charge is 2.09.